The summed E-state index contributed by atoms with van der Waals surface area (Å²) in [6.07, 6.45) is 1.95. The van der Waals surface area contributed by atoms with Crippen LogP contribution in [0.1, 0.15) is 0 Å². The van der Waals surface area contributed by atoms with E-state index in [0.29, 0.717) is 35.2 Å². The molecule has 8 aromatic heterocycles. The van der Waals surface area contributed by atoms with Gasteiger partial charge in [0.05, 0.1) is 78.8 Å². The molecule has 128 heavy (non-hydrogen) atoms. The van der Waals surface area contributed by atoms with E-state index in [1.807, 2.05) is 194 Å². The summed E-state index contributed by atoms with van der Waals surface area (Å²) in [6.45, 7) is 0. The molecule has 24 aromatic rings. The summed E-state index contributed by atoms with van der Waals surface area (Å²) in [6, 6.07) is 145. The van der Waals surface area contributed by atoms with E-state index in [4.69, 9.17) is 44.9 Å². The predicted molar refractivity (Wildman–Crippen MR) is 538 cm³/mol. The van der Waals surface area contributed by atoms with Crippen molar-refractivity contribution in [3.8, 4) is 114 Å². The second-order valence-electron chi connectivity index (χ2n) is 30.5. The summed E-state index contributed by atoms with van der Waals surface area (Å²) >= 11 is 15.1. The minimum Gasteiger partial charge on any atom is -0.305 e. The van der Waals surface area contributed by atoms with Crippen LogP contribution in [-0.4, -0.2) is 63.1 Å². The molecule has 0 aliphatic rings. The zero-order chi connectivity index (χ0) is 86.0. The van der Waals surface area contributed by atoms with Crippen molar-refractivity contribution in [2.45, 2.75) is 0 Å². The molecule has 24 rings (SSSR count). The molecule has 0 N–H and O–H groups in total. The summed E-state index contributed by atoms with van der Waals surface area (Å²) in [4.78, 5) is 44.6. The lowest BCUT2D eigenvalue weighted by molar-refractivity contribution is 0.952. The Balaban J connectivity index is 0.000000104. The summed E-state index contributed by atoms with van der Waals surface area (Å²) in [5.74, 6) is 4.81. The largest absolute Gasteiger partial charge is 0.305 e. The summed E-state index contributed by atoms with van der Waals surface area (Å²) < 4.78 is 12.9. The summed E-state index contributed by atoms with van der Waals surface area (Å²) in [5, 5.41) is 9.45. The normalized spacial score (nSPS) is 11.3. The van der Waals surface area contributed by atoms with Crippen LogP contribution in [0.3, 0.4) is 0 Å². The number of hydrogen-bond acceptors (Lipinski definition) is 9. The molecule has 0 saturated heterocycles. The van der Waals surface area contributed by atoms with Gasteiger partial charge in [-0.05, 0) is 118 Å². The Bertz CT molecular complexity index is 7480. The van der Waals surface area contributed by atoms with Gasteiger partial charge in [0.15, 0.2) is 23.3 Å². The van der Waals surface area contributed by atoms with E-state index in [2.05, 4.69) is 319 Å². The van der Waals surface area contributed by atoms with Gasteiger partial charge in [0.1, 0.15) is 5.82 Å². The topological polar surface area (TPSA) is 136 Å². The molecular formula is C111H71Br4N13. The van der Waals surface area contributed by atoms with E-state index in [9.17, 15) is 0 Å². The maximum atomic E-state index is 5.07. The van der Waals surface area contributed by atoms with Crippen molar-refractivity contribution >= 4 is 151 Å². The van der Waals surface area contributed by atoms with E-state index in [1.54, 1.807) is 0 Å². The Labute approximate surface area is 770 Å². The van der Waals surface area contributed by atoms with Gasteiger partial charge in [-0.2, -0.15) is 9.97 Å². The van der Waals surface area contributed by atoms with Crippen molar-refractivity contribution in [3.05, 3.63) is 449 Å². The van der Waals surface area contributed by atoms with Gasteiger partial charge in [-0.1, -0.05) is 364 Å². The standard InChI is InChI=1S/3C28H18BrN3.C27H17BrN4/c29-23-16-9-15-22-21-14-7-8-17-26(21)32(27(22)23)28-30-24(19-10-3-1-4-11-19)18-25(31-28)20-12-5-2-6-13-20;29-23-16-9-15-22-21-14-7-8-17-25(21)32(27(22)23)26-18-24(19-10-3-1-4-11-19)30-28(31-26)20-12-5-2-6-13-20;29-23-16-9-15-22-21-14-7-8-17-24(21)32(27(22)23)25-18-30-28(20-12-5-2-6-13-20)31-26(25)19-10-3-1-4-11-19;28-22-16-9-15-21-20-14-7-8-17-23(20)32(24(21)22)27-30-25(18-10-3-1-4-11-18)29-26(31-27)19-12-5-2-6-13-19/h3*1-18H;1-17H. The van der Waals surface area contributed by atoms with Crippen LogP contribution in [-0.2, 0) is 0 Å². The zero-order valence-corrected chi connectivity index (χ0v) is 74.7. The highest BCUT2D eigenvalue weighted by atomic mass is 79.9. The van der Waals surface area contributed by atoms with Crippen molar-refractivity contribution < 1.29 is 0 Å². The predicted octanol–water partition coefficient (Wildman–Crippen LogP) is 30.1. The molecule has 0 aliphatic carbocycles. The number of para-hydroxylation sites is 8. The fraction of sp³-hybridized carbons (Fsp3) is 0. The minimum atomic E-state index is 0.593. The number of benzene rings is 16. The van der Waals surface area contributed by atoms with Gasteiger partial charge in [-0.15, -0.1) is 0 Å². The number of rotatable bonds is 12. The Kier molecular flexibility index (Phi) is 22.2. The monoisotopic (exact) mass is 1900 g/mol. The van der Waals surface area contributed by atoms with Gasteiger partial charge in [0, 0.05) is 112 Å². The van der Waals surface area contributed by atoms with Gasteiger partial charge in [-0.3, -0.25) is 13.7 Å². The first kappa shape index (κ1) is 80.0. The Hall–Kier alpha value is -15.1. The van der Waals surface area contributed by atoms with E-state index in [1.165, 1.54) is 32.3 Å². The van der Waals surface area contributed by atoms with E-state index in [0.717, 1.165) is 152 Å². The smallest absolute Gasteiger partial charge is 0.238 e. The molecule has 16 aromatic carbocycles. The van der Waals surface area contributed by atoms with Crippen LogP contribution in [0.4, 0.5) is 0 Å². The van der Waals surface area contributed by atoms with Crippen LogP contribution < -0.4 is 0 Å². The Morgan fingerprint density at radius 2 is 0.461 bits per heavy atom. The van der Waals surface area contributed by atoms with Crippen molar-refractivity contribution in [1.29, 1.82) is 0 Å². The van der Waals surface area contributed by atoms with Gasteiger partial charge in [0.2, 0.25) is 11.9 Å². The summed E-state index contributed by atoms with van der Waals surface area (Å²) in [7, 11) is 0. The molecule has 0 amide bonds. The third kappa shape index (κ3) is 15.5. The lowest BCUT2D eigenvalue weighted by Crippen LogP contribution is -2.06. The highest BCUT2D eigenvalue weighted by Gasteiger charge is 2.25. The van der Waals surface area contributed by atoms with Crippen LogP contribution in [0, 0.1) is 0 Å². The van der Waals surface area contributed by atoms with Crippen LogP contribution >= 0.6 is 63.7 Å². The average Bonchev–Trinajstić information content (AvgIpc) is 1.45. The zero-order valence-electron chi connectivity index (χ0n) is 68.3. The van der Waals surface area contributed by atoms with Gasteiger partial charge in [0.25, 0.3) is 0 Å². The highest BCUT2D eigenvalue weighted by Crippen LogP contribution is 2.43. The lowest BCUT2D eigenvalue weighted by atomic mass is 10.1. The lowest BCUT2D eigenvalue weighted by Gasteiger charge is -2.14. The fourth-order valence-electron chi connectivity index (χ4n) is 16.9. The van der Waals surface area contributed by atoms with Crippen molar-refractivity contribution in [2.24, 2.45) is 0 Å². The van der Waals surface area contributed by atoms with E-state index in [-0.39, 0.29) is 0 Å². The fourth-order valence-corrected chi connectivity index (χ4v) is 19.0. The number of aromatic nitrogens is 13. The molecule has 0 fully saturated rings. The molecule has 0 atom stereocenters. The van der Waals surface area contributed by atoms with Crippen LogP contribution in [0.25, 0.3) is 201 Å². The first-order valence-electron chi connectivity index (χ1n) is 41.8. The van der Waals surface area contributed by atoms with E-state index >= 15 is 0 Å². The van der Waals surface area contributed by atoms with Gasteiger partial charge < -0.3 is 4.57 Å². The number of hydrogen-bond donors (Lipinski definition) is 0. The molecule has 0 saturated carbocycles. The van der Waals surface area contributed by atoms with Crippen molar-refractivity contribution in [2.75, 3.05) is 0 Å². The maximum absolute atomic E-state index is 5.07. The van der Waals surface area contributed by atoms with Crippen molar-refractivity contribution in [3.63, 3.8) is 0 Å². The SMILES string of the molecule is Brc1cccc2c3ccccc3n(-c3cc(-c4ccccc4)nc(-c4ccccc4)n3)c12.Brc1cccc2c3ccccc3n(-c3cnc(-c4ccccc4)nc3-c3ccccc3)c12.Brc1cccc2c3ccccc3n(-c3nc(-c4ccccc4)cc(-c4ccccc4)n3)c12.Brc1cccc2c3ccccc3n(-c3nc(-c4ccccc4)nc(-c4ccccc4)n3)c12. The van der Waals surface area contributed by atoms with Gasteiger partial charge >= 0.3 is 0 Å². The maximum Gasteiger partial charge on any atom is 0.238 e. The first-order valence-corrected chi connectivity index (χ1v) is 44.9. The number of fused-ring (bicyclic) bond motifs is 12. The molecule has 13 nitrogen and oxygen atoms in total. The Morgan fingerprint density at radius 1 is 0.188 bits per heavy atom. The molecule has 0 bridgehead atoms. The third-order valence-electron chi connectivity index (χ3n) is 22.7. The second kappa shape index (κ2) is 35.5. The molecule has 0 aliphatic heterocycles. The Morgan fingerprint density at radius 3 is 0.836 bits per heavy atom. The second-order valence-corrected chi connectivity index (χ2v) is 33.9. The molecule has 0 unspecified atom stereocenters. The molecule has 0 radical (unpaired) electrons. The number of nitrogens with zero attached hydrogens (tertiary/aromatic N) is 13. The molecule has 608 valence electrons. The first-order chi connectivity index (χ1) is 63.2. The quantitative estimate of drug-likeness (QED) is 0.117. The van der Waals surface area contributed by atoms with Gasteiger partial charge in [-0.25, -0.2) is 34.9 Å². The molecule has 17 heteroatoms. The average molecular weight is 1910 g/mol. The number of halogens is 4. The van der Waals surface area contributed by atoms with Crippen LogP contribution in [0.15, 0.2) is 449 Å². The third-order valence-corrected chi connectivity index (χ3v) is 25.2. The van der Waals surface area contributed by atoms with Crippen LogP contribution in [0.5, 0.6) is 0 Å². The summed E-state index contributed by atoms with van der Waals surface area (Å²) in [5.41, 5.74) is 21.4. The molecular weight excluding hydrogens is 1830 g/mol. The minimum absolute atomic E-state index is 0.593. The molecule has 0 spiro atoms. The van der Waals surface area contributed by atoms with Crippen molar-refractivity contribution in [1.82, 2.24) is 63.1 Å². The van der Waals surface area contributed by atoms with Crippen LogP contribution in [0.2, 0.25) is 0 Å². The molecule has 8 heterocycles. The van der Waals surface area contributed by atoms with E-state index < -0.39 is 0 Å². The highest BCUT2D eigenvalue weighted by molar-refractivity contribution is 9.11.